The normalized spacial score (nSPS) is 10.7. The number of nitrogen functional groups attached to an aromatic ring is 1. The molecule has 0 saturated heterocycles. The Labute approximate surface area is 166 Å². The van der Waals surface area contributed by atoms with E-state index in [-0.39, 0.29) is 5.95 Å². The average molecular weight is 392 g/mol. The van der Waals surface area contributed by atoms with Gasteiger partial charge in [0.25, 0.3) is 0 Å². The number of nitrogens with one attached hydrogen (secondary N) is 2. The standard InChI is InChI=1S/C20H20N6O3/c1-27-12-5-6-15-13(9-12)19(26-25-15)23-18-14(10-22-20(21)24-18)11-4-7-16(28-2)17(8-11)29-3/h4-10H,1-3H3,(H4,21,22,23,24,25,26). The van der Waals surface area contributed by atoms with Gasteiger partial charge in [0.15, 0.2) is 17.3 Å². The molecule has 2 aromatic heterocycles. The Bertz CT molecular complexity index is 1170. The highest BCUT2D eigenvalue weighted by Gasteiger charge is 2.15. The first-order valence-corrected chi connectivity index (χ1v) is 8.77. The molecule has 4 aromatic rings. The van der Waals surface area contributed by atoms with E-state index in [0.29, 0.717) is 23.1 Å². The summed E-state index contributed by atoms with van der Waals surface area (Å²) >= 11 is 0. The van der Waals surface area contributed by atoms with Crippen molar-refractivity contribution in [1.82, 2.24) is 20.2 Å². The van der Waals surface area contributed by atoms with Gasteiger partial charge in [0.1, 0.15) is 11.6 Å². The number of aromatic amines is 1. The maximum Gasteiger partial charge on any atom is 0.221 e. The van der Waals surface area contributed by atoms with Crippen molar-refractivity contribution in [3.8, 4) is 28.4 Å². The summed E-state index contributed by atoms with van der Waals surface area (Å²) in [6, 6.07) is 11.2. The van der Waals surface area contributed by atoms with Gasteiger partial charge >= 0.3 is 0 Å². The van der Waals surface area contributed by atoms with Crippen molar-refractivity contribution in [3.63, 3.8) is 0 Å². The van der Waals surface area contributed by atoms with Crippen LogP contribution in [0.1, 0.15) is 0 Å². The van der Waals surface area contributed by atoms with Crippen molar-refractivity contribution >= 4 is 28.5 Å². The maximum absolute atomic E-state index is 5.84. The Balaban J connectivity index is 1.79. The molecule has 0 atom stereocenters. The van der Waals surface area contributed by atoms with E-state index in [0.717, 1.165) is 27.8 Å². The summed E-state index contributed by atoms with van der Waals surface area (Å²) in [7, 11) is 4.80. The summed E-state index contributed by atoms with van der Waals surface area (Å²) in [6.45, 7) is 0. The highest BCUT2D eigenvalue weighted by Crippen LogP contribution is 2.36. The van der Waals surface area contributed by atoms with E-state index in [2.05, 4.69) is 25.5 Å². The van der Waals surface area contributed by atoms with Gasteiger partial charge in [-0.05, 0) is 35.9 Å². The number of aromatic nitrogens is 4. The van der Waals surface area contributed by atoms with E-state index in [1.807, 2.05) is 36.4 Å². The number of nitrogens with two attached hydrogens (primary N) is 1. The predicted octanol–water partition coefficient (Wildman–Crippen LogP) is 3.37. The van der Waals surface area contributed by atoms with Gasteiger partial charge in [-0.25, -0.2) is 4.98 Å². The number of fused-ring (bicyclic) bond motifs is 1. The Morgan fingerprint density at radius 2 is 1.76 bits per heavy atom. The van der Waals surface area contributed by atoms with E-state index in [4.69, 9.17) is 19.9 Å². The second-order valence-electron chi connectivity index (χ2n) is 6.17. The van der Waals surface area contributed by atoms with Crippen LogP contribution in [0.4, 0.5) is 17.6 Å². The molecule has 2 aromatic carbocycles. The lowest BCUT2D eigenvalue weighted by molar-refractivity contribution is 0.355. The number of benzene rings is 2. The summed E-state index contributed by atoms with van der Waals surface area (Å²) in [6.07, 6.45) is 1.65. The minimum Gasteiger partial charge on any atom is -0.497 e. The van der Waals surface area contributed by atoms with E-state index >= 15 is 0 Å². The Morgan fingerprint density at radius 3 is 2.52 bits per heavy atom. The molecule has 0 bridgehead atoms. The first-order chi connectivity index (χ1) is 14.1. The van der Waals surface area contributed by atoms with Gasteiger partial charge in [-0.1, -0.05) is 6.07 Å². The van der Waals surface area contributed by atoms with Crippen molar-refractivity contribution in [2.45, 2.75) is 0 Å². The van der Waals surface area contributed by atoms with Gasteiger partial charge < -0.3 is 25.3 Å². The topological polar surface area (TPSA) is 120 Å². The summed E-state index contributed by atoms with van der Waals surface area (Å²) < 4.78 is 16.0. The molecule has 9 heteroatoms. The van der Waals surface area contributed by atoms with Crippen molar-refractivity contribution in [2.24, 2.45) is 0 Å². The molecule has 0 aliphatic carbocycles. The van der Waals surface area contributed by atoms with Crippen molar-refractivity contribution < 1.29 is 14.2 Å². The molecule has 9 nitrogen and oxygen atoms in total. The molecule has 0 amide bonds. The van der Waals surface area contributed by atoms with E-state index < -0.39 is 0 Å². The molecule has 148 valence electrons. The first kappa shape index (κ1) is 18.4. The minimum absolute atomic E-state index is 0.147. The molecule has 4 N–H and O–H groups in total. The quantitative estimate of drug-likeness (QED) is 0.457. The van der Waals surface area contributed by atoms with Crippen LogP contribution < -0.4 is 25.3 Å². The number of hydrogen-bond donors (Lipinski definition) is 3. The zero-order chi connectivity index (χ0) is 20.4. The van der Waals surface area contributed by atoms with E-state index in [1.54, 1.807) is 27.5 Å². The van der Waals surface area contributed by atoms with Gasteiger partial charge in [0, 0.05) is 17.1 Å². The number of nitrogens with zero attached hydrogens (tertiary/aromatic N) is 3. The van der Waals surface area contributed by atoms with Crippen molar-refractivity contribution in [1.29, 1.82) is 0 Å². The van der Waals surface area contributed by atoms with Gasteiger partial charge in [-0.2, -0.15) is 10.1 Å². The largest absolute Gasteiger partial charge is 0.497 e. The van der Waals surface area contributed by atoms with Gasteiger partial charge in [-0.15, -0.1) is 0 Å². The van der Waals surface area contributed by atoms with Crippen LogP contribution in [0.15, 0.2) is 42.6 Å². The molecule has 0 fully saturated rings. The Hall–Kier alpha value is -4.01. The van der Waals surface area contributed by atoms with Crippen LogP contribution in [0.5, 0.6) is 17.2 Å². The molecule has 29 heavy (non-hydrogen) atoms. The smallest absolute Gasteiger partial charge is 0.221 e. The predicted molar refractivity (Wildman–Crippen MR) is 111 cm³/mol. The third kappa shape index (κ3) is 3.45. The van der Waals surface area contributed by atoms with Crippen LogP contribution in [0, 0.1) is 0 Å². The number of methoxy groups -OCH3 is 3. The van der Waals surface area contributed by atoms with Crippen LogP contribution in [-0.2, 0) is 0 Å². The van der Waals surface area contributed by atoms with E-state index in [1.165, 1.54) is 0 Å². The second-order valence-corrected chi connectivity index (χ2v) is 6.17. The lowest BCUT2D eigenvalue weighted by Crippen LogP contribution is -2.03. The number of H-pyrrole nitrogens is 1. The fourth-order valence-electron chi connectivity index (χ4n) is 3.03. The molecule has 0 unspecified atom stereocenters. The molecular formula is C20H20N6O3. The van der Waals surface area contributed by atoms with Crippen LogP contribution in [0.2, 0.25) is 0 Å². The first-order valence-electron chi connectivity index (χ1n) is 8.77. The molecule has 0 aliphatic rings. The summed E-state index contributed by atoms with van der Waals surface area (Å²) in [5.41, 5.74) is 8.27. The molecule has 0 saturated carbocycles. The lowest BCUT2D eigenvalue weighted by Gasteiger charge is -2.13. The number of rotatable bonds is 6. The summed E-state index contributed by atoms with van der Waals surface area (Å²) in [5, 5.41) is 11.5. The molecule has 0 aliphatic heterocycles. The zero-order valence-corrected chi connectivity index (χ0v) is 16.2. The SMILES string of the molecule is COc1ccc2[nH]nc(Nc3nc(N)ncc3-c3ccc(OC)c(OC)c3)c2c1. The number of hydrogen-bond acceptors (Lipinski definition) is 8. The van der Waals surface area contributed by atoms with Crippen LogP contribution in [0.3, 0.4) is 0 Å². The molecule has 0 spiro atoms. The average Bonchev–Trinajstić information content (AvgIpc) is 3.15. The zero-order valence-electron chi connectivity index (χ0n) is 16.2. The van der Waals surface area contributed by atoms with Crippen molar-refractivity contribution in [3.05, 3.63) is 42.6 Å². The fourth-order valence-corrected chi connectivity index (χ4v) is 3.03. The molecule has 2 heterocycles. The molecule has 4 rings (SSSR count). The van der Waals surface area contributed by atoms with Gasteiger partial charge in [-0.3, -0.25) is 5.10 Å². The number of anilines is 3. The van der Waals surface area contributed by atoms with Crippen molar-refractivity contribution in [2.75, 3.05) is 32.4 Å². The maximum atomic E-state index is 5.84. The van der Waals surface area contributed by atoms with Gasteiger partial charge in [0.2, 0.25) is 5.95 Å². The minimum atomic E-state index is 0.147. The highest BCUT2D eigenvalue weighted by atomic mass is 16.5. The van der Waals surface area contributed by atoms with Crippen LogP contribution in [0.25, 0.3) is 22.0 Å². The summed E-state index contributed by atoms with van der Waals surface area (Å²) in [5.74, 6) is 3.22. The monoisotopic (exact) mass is 392 g/mol. The second kappa shape index (κ2) is 7.55. The highest BCUT2D eigenvalue weighted by molar-refractivity contribution is 5.93. The number of ether oxygens (including phenoxy) is 3. The summed E-state index contributed by atoms with van der Waals surface area (Å²) in [4.78, 5) is 8.51. The van der Waals surface area contributed by atoms with Crippen LogP contribution >= 0.6 is 0 Å². The van der Waals surface area contributed by atoms with Gasteiger partial charge in [0.05, 0.1) is 26.8 Å². The Kier molecular flexibility index (Phi) is 4.78. The molecular weight excluding hydrogens is 372 g/mol. The third-order valence-electron chi connectivity index (χ3n) is 4.51. The molecule has 0 radical (unpaired) electrons. The van der Waals surface area contributed by atoms with E-state index in [9.17, 15) is 0 Å². The fraction of sp³-hybridized carbons (Fsp3) is 0.150. The van der Waals surface area contributed by atoms with Crippen LogP contribution in [-0.4, -0.2) is 41.5 Å². The lowest BCUT2D eigenvalue weighted by atomic mass is 10.1. The third-order valence-corrected chi connectivity index (χ3v) is 4.51. The Morgan fingerprint density at radius 1 is 0.931 bits per heavy atom.